The molecule has 0 aliphatic carbocycles. The highest BCUT2D eigenvalue weighted by atomic mass is 16.5. The number of hydrogen-bond donors (Lipinski definition) is 2. The first-order chi connectivity index (χ1) is 8.13. The van der Waals surface area contributed by atoms with E-state index in [1.54, 1.807) is 0 Å². The molecule has 1 aromatic heterocycles. The number of carboxylic acids is 1. The zero-order chi connectivity index (χ0) is 12.7. The van der Waals surface area contributed by atoms with Gasteiger partial charge in [0.2, 0.25) is 0 Å². The van der Waals surface area contributed by atoms with E-state index in [0.717, 1.165) is 12.4 Å². The molecule has 17 heavy (non-hydrogen) atoms. The predicted octanol–water partition coefficient (Wildman–Crippen LogP) is -0.726. The second-order valence-corrected chi connectivity index (χ2v) is 2.88. The van der Waals surface area contributed by atoms with Crippen LogP contribution < -0.4 is 10.1 Å². The number of nitrogens with zero attached hydrogens (tertiary/aromatic N) is 2. The molecule has 0 aromatic carbocycles. The molecule has 0 spiro atoms. The van der Waals surface area contributed by atoms with Gasteiger partial charge in [0, 0.05) is 19.5 Å². The smallest absolute Gasteiger partial charge is 0.338 e. The number of rotatable bonds is 6. The van der Waals surface area contributed by atoms with E-state index < -0.39 is 11.9 Å². The Bertz CT molecular complexity index is 392. The summed E-state index contributed by atoms with van der Waals surface area (Å²) in [4.78, 5) is 28.8. The number of aromatic nitrogens is 2. The van der Waals surface area contributed by atoms with E-state index in [2.05, 4.69) is 20.0 Å². The van der Waals surface area contributed by atoms with Crippen molar-refractivity contribution in [1.82, 2.24) is 15.3 Å². The summed E-state index contributed by atoms with van der Waals surface area (Å²) in [6.07, 6.45) is 2.19. The van der Waals surface area contributed by atoms with Gasteiger partial charge in [0.05, 0.1) is 5.56 Å². The van der Waals surface area contributed by atoms with Gasteiger partial charge < -0.3 is 19.9 Å². The van der Waals surface area contributed by atoms with E-state index in [-0.39, 0.29) is 24.9 Å². The van der Waals surface area contributed by atoms with Gasteiger partial charge in [0.15, 0.2) is 6.61 Å². The highest BCUT2D eigenvalue weighted by Crippen LogP contribution is 2.02. The maximum Gasteiger partial charge on any atom is 0.338 e. The van der Waals surface area contributed by atoms with Crippen LogP contribution in [-0.4, -0.2) is 47.4 Å². The fraction of sp³-hybridized carbons (Fsp3) is 0.333. The number of nitrogens with one attached hydrogen (secondary N) is 1. The molecule has 1 heterocycles. The van der Waals surface area contributed by atoms with Crippen molar-refractivity contribution >= 4 is 11.9 Å². The van der Waals surface area contributed by atoms with Crippen LogP contribution in [0.25, 0.3) is 0 Å². The van der Waals surface area contributed by atoms with E-state index in [1.807, 2.05) is 0 Å². The van der Waals surface area contributed by atoms with Gasteiger partial charge in [0.25, 0.3) is 5.91 Å². The molecular formula is C9H11N3O5. The summed E-state index contributed by atoms with van der Waals surface area (Å²) in [5.41, 5.74) is -0.0545. The van der Waals surface area contributed by atoms with Crippen molar-refractivity contribution in [1.29, 1.82) is 0 Å². The largest absolute Gasteiger partial charge is 0.478 e. The topological polar surface area (TPSA) is 111 Å². The van der Waals surface area contributed by atoms with Crippen LogP contribution in [-0.2, 0) is 9.53 Å². The third kappa shape index (κ3) is 4.43. The van der Waals surface area contributed by atoms with Crippen molar-refractivity contribution in [2.75, 3.05) is 20.4 Å². The van der Waals surface area contributed by atoms with Crippen LogP contribution in [0.2, 0.25) is 0 Å². The Morgan fingerprint density at radius 3 is 2.59 bits per heavy atom. The van der Waals surface area contributed by atoms with Crippen molar-refractivity contribution in [3.63, 3.8) is 0 Å². The normalized spacial score (nSPS) is 9.71. The van der Waals surface area contributed by atoms with Crippen LogP contribution in [0.1, 0.15) is 10.4 Å². The lowest BCUT2D eigenvalue weighted by Crippen LogP contribution is -2.30. The Morgan fingerprint density at radius 1 is 1.41 bits per heavy atom. The average molecular weight is 241 g/mol. The molecular weight excluding hydrogens is 230 g/mol. The maximum atomic E-state index is 11.1. The molecule has 92 valence electrons. The fourth-order valence-corrected chi connectivity index (χ4v) is 0.835. The van der Waals surface area contributed by atoms with Crippen molar-refractivity contribution in [2.45, 2.75) is 0 Å². The number of ether oxygens (including phenoxy) is 2. The maximum absolute atomic E-state index is 11.1. The van der Waals surface area contributed by atoms with Gasteiger partial charge in [-0.15, -0.1) is 0 Å². The van der Waals surface area contributed by atoms with Crippen LogP contribution in [0, 0.1) is 0 Å². The minimum absolute atomic E-state index is 0.0545. The number of methoxy groups -OCH3 is 1. The van der Waals surface area contributed by atoms with E-state index in [0.29, 0.717) is 0 Å². The molecule has 0 unspecified atom stereocenters. The molecule has 2 N–H and O–H groups in total. The van der Waals surface area contributed by atoms with Crippen molar-refractivity contribution in [2.24, 2.45) is 0 Å². The molecule has 8 heteroatoms. The van der Waals surface area contributed by atoms with E-state index >= 15 is 0 Å². The average Bonchev–Trinajstić information content (AvgIpc) is 2.34. The summed E-state index contributed by atoms with van der Waals surface area (Å²) < 4.78 is 9.54. The molecule has 0 saturated carbocycles. The third-order valence-electron chi connectivity index (χ3n) is 1.62. The van der Waals surface area contributed by atoms with E-state index in [4.69, 9.17) is 9.84 Å². The van der Waals surface area contributed by atoms with Gasteiger partial charge in [0.1, 0.15) is 6.73 Å². The van der Waals surface area contributed by atoms with Gasteiger partial charge in [-0.05, 0) is 0 Å². The number of carbonyl (C=O) groups is 2. The Balaban J connectivity index is 2.42. The molecule has 0 aliphatic heterocycles. The quantitative estimate of drug-likeness (QED) is 0.632. The Morgan fingerprint density at radius 2 is 2.06 bits per heavy atom. The van der Waals surface area contributed by atoms with Crippen LogP contribution in [0.3, 0.4) is 0 Å². The molecule has 0 fully saturated rings. The highest BCUT2D eigenvalue weighted by Gasteiger charge is 2.06. The summed E-state index contributed by atoms with van der Waals surface area (Å²) in [7, 11) is 1.44. The zero-order valence-electron chi connectivity index (χ0n) is 9.04. The second kappa shape index (κ2) is 6.38. The van der Waals surface area contributed by atoms with E-state index in [9.17, 15) is 9.59 Å². The monoisotopic (exact) mass is 241 g/mol. The number of hydrogen-bond acceptors (Lipinski definition) is 6. The van der Waals surface area contributed by atoms with Crippen molar-refractivity contribution < 1.29 is 24.2 Å². The summed E-state index contributed by atoms with van der Waals surface area (Å²) in [6, 6.07) is -0.0671. The third-order valence-corrected chi connectivity index (χ3v) is 1.62. The van der Waals surface area contributed by atoms with Gasteiger partial charge >= 0.3 is 12.0 Å². The fourth-order valence-electron chi connectivity index (χ4n) is 0.835. The number of carboxylic acid groups (broad SMARTS) is 1. The van der Waals surface area contributed by atoms with Crippen LogP contribution in [0.15, 0.2) is 12.4 Å². The minimum Gasteiger partial charge on any atom is -0.478 e. The Hall–Kier alpha value is -2.22. The molecule has 8 nitrogen and oxygen atoms in total. The van der Waals surface area contributed by atoms with Gasteiger partial charge in [-0.3, -0.25) is 4.79 Å². The van der Waals surface area contributed by atoms with E-state index in [1.165, 1.54) is 7.11 Å². The molecule has 0 atom stereocenters. The predicted molar refractivity (Wildman–Crippen MR) is 54.5 cm³/mol. The molecule has 0 saturated heterocycles. The molecule has 0 aliphatic rings. The van der Waals surface area contributed by atoms with Crippen LogP contribution in [0.4, 0.5) is 0 Å². The van der Waals surface area contributed by atoms with Crippen LogP contribution >= 0.6 is 0 Å². The lowest BCUT2D eigenvalue weighted by Gasteiger charge is -2.04. The van der Waals surface area contributed by atoms with Crippen molar-refractivity contribution in [3.05, 3.63) is 18.0 Å². The Kier molecular flexibility index (Phi) is 4.82. The molecule has 1 amide bonds. The first-order valence-corrected chi connectivity index (χ1v) is 4.57. The number of aromatic carboxylic acids is 1. The highest BCUT2D eigenvalue weighted by molar-refractivity contribution is 5.86. The Labute approximate surface area is 96.6 Å². The number of carbonyl (C=O) groups excluding carboxylic acids is 1. The van der Waals surface area contributed by atoms with Crippen LogP contribution in [0.5, 0.6) is 6.01 Å². The van der Waals surface area contributed by atoms with Gasteiger partial charge in [-0.1, -0.05) is 0 Å². The zero-order valence-corrected chi connectivity index (χ0v) is 9.04. The van der Waals surface area contributed by atoms with Gasteiger partial charge in [-0.25, -0.2) is 14.8 Å². The summed E-state index contributed by atoms with van der Waals surface area (Å²) in [5.74, 6) is -1.52. The number of amides is 1. The molecule has 0 bridgehead atoms. The summed E-state index contributed by atoms with van der Waals surface area (Å²) >= 11 is 0. The minimum atomic E-state index is -1.13. The first-order valence-electron chi connectivity index (χ1n) is 4.57. The summed E-state index contributed by atoms with van der Waals surface area (Å²) in [5, 5.41) is 11.0. The lowest BCUT2D eigenvalue weighted by molar-refractivity contribution is -0.124. The summed E-state index contributed by atoms with van der Waals surface area (Å²) in [6.45, 7) is -0.184. The van der Waals surface area contributed by atoms with Gasteiger partial charge in [-0.2, -0.15) is 0 Å². The standard InChI is InChI=1S/C9H11N3O5/c1-16-5-12-7(13)4-17-9-10-2-6(3-11-9)8(14)15/h2-3H,4-5H2,1H3,(H,12,13)(H,14,15). The molecule has 1 rings (SSSR count). The molecule has 1 aromatic rings. The molecule has 0 radical (unpaired) electrons. The first kappa shape index (κ1) is 12.8. The second-order valence-electron chi connectivity index (χ2n) is 2.88. The van der Waals surface area contributed by atoms with Crippen molar-refractivity contribution in [3.8, 4) is 6.01 Å². The lowest BCUT2D eigenvalue weighted by atomic mass is 10.4. The SMILES string of the molecule is COCNC(=O)COc1ncc(C(=O)O)cn1.